The van der Waals surface area contributed by atoms with E-state index in [2.05, 4.69) is 4.72 Å². The van der Waals surface area contributed by atoms with E-state index in [0.717, 1.165) is 11.1 Å². The largest absolute Gasteiger partial charge is 0.279 e. The standard InChI is InChI=1S/C16H17Cl2NO2S/c1-9-6-5-7-10(2)15(9)19-22(20,21)16-12(4)13(17)8-11(3)14(16)18/h5-8,19H,1-4H3. The number of anilines is 1. The summed E-state index contributed by atoms with van der Waals surface area (Å²) in [7, 11) is -3.83. The van der Waals surface area contributed by atoms with Crippen molar-refractivity contribution in [3.05, 3.63) is 56.6 Å². The fourth-order valence-corrected chi connectivity index (χ4v) is 4.71. The normalized spacial score (nSPS) is 11.5. The summed E-state index contributed by atoms with van der Waals surface area (Å²) in [6.07, 6.45) is 0. The van der Waals surface area contributed by atoms with E-state index in [9.17, 15) is 8.42 Å². The highest BCUT2D eigenvalue weighted by molar-refractivity contribution is 7.93. The molecule has 6 heteroatoms. The number of nitrogens with one attached hydrogen (secondary N) is 1. The van der Waals surface area contributed by atoms with Gasteiger partial charge in [0.25, 0.3) is 10.0 Å². The van der Waals surface area contributed by atoms with Crippen LogP contribution in [0.25, 0.3) is 0 Å². The predicted molar refractivity (Wildman–Crippen MR) is 92.7 cm³/mol. The van der Waals surface area contributed by atoms with Crippen LogP contribution in [0.5, 0.6) is 0 Å². The number of hydrogen-bond acceptors (Lipinski definition) is 2. The number of aryl methyl sites for hydroxylation is 3. The summed E-state index contributed by atoms with van der Waals surface area (Å²) < 4.78 is 28.2. The molecule has 0 radical (unpaired) electrons. The average molecular weight is 358 g/mol. The Hall–Kier alpha value is -1.23. The van der Waals surface area contributed by atoms with Gasteiger partial charge in [0.15, 0.2) is 0 Å². The van der Waals surface area contributed by atoms with Crippen LogP contribution in [0, 0.1) is 27.7 Å². The van der Waals surface area contributed by atoms with Gasteiger partial charge >= 0.3 is 0 Å². The molecule has 0 heterocycles. The number of para-hydroxylation sites is 1. The second-order valence-corrected chi connectivity index (χ2v) is 7.72. The first-order valence-corrected chi connectivity index (χ1v) is 8.93. The van der Waals surface area contributed by atoms with E-state index in [1.54, 1.807) is 19.9 Å². The first-order chi connectivity index (χ1) is 10.1. The van der Waals surface area contributed by atoms with Crippen molar-refractivity contribution in [3.8, 4) is 0 Å². The number of sulfonamides is 1. The van der Waals surface area contributed by atoms with Crippen molar-refractivity contribution in [2.75, 3.05) is 4.72 Å². The van der Waals surface area contributed by atoms with Gasteiger partial charge in [-0.25, -0.2) is 8.42 Å². The first kappa shape index (κ1) is 17.1. The molecule has 0 aliphatic carbocycles. The molecule has 0 bridgehead atoms. The summed E-state index contributed by atoms with van der Waals surface area (Å²) >= 11 is 12.3. The smallest absolute Gasteiger partial charge is 0.263 e. The van der Waals surface area contributed by atoms with Crippen molar-refractivity contribution in [3.63, 3.8) is 0 Å². The quantitative estimate of drug-likeness (QED) is 0.837. The minimum Gasteiger partial charge on any atom is -0.279 e. The molecule has 0 aliphatic rings. The number of hydrogen-bond donors (Lipinski definition) is 1. The van der Waals surface area contributed by atoms with Gasteiger partial charge in [-0.3, -0.25) is 4.72 Å². The van der Waals surface area contributed by atoms with E-state index in [1.807, 2.05) is 32.0 Å². The third-order valence-electron chi connectivity index (χ3n) is 3.57. The Kier molecular flexibility index (Phi) is 4.76. The number of benzene rings is 2. The highest BCUT2D eigenvalue weighted by atomic mass is 35.5. The van der Waals surface area contributed by atoms with Crippen LogP contribution in [0.2, 0.25) is 10.0 Å². The molecular formula is C16H17Cl2NO2S. The van der Waals surface area contributed by atoms with Crippen molar-refractivity contribution < 1.29 is 8.42 Å². The first-order valence-electron chi connectivity index (χ1n) is 6.69. The highest BCUT2D eigenvalue weighted by Gasteiger charge is 2.25. The highest BCUT2D eigenvalue weighted by Crippen LogP contribution is 2.35. The molecule has 3 nitrogen and oxygen atoms in total. The fourth-order valence-electron chi connectivity index (χ4n) is 2.29. The lowest BCUT2D eigenvalue weighted by Crippen LogP contribution is -2.17. The zero-order valence-corrected chi connectivity index (χ0v) is 15.1. The molecule has 0 fully saturated rings. The molecule has 1 N–H and O–H groups in total. The topological polar surface area (TPSA) is 46.2 Å². The maximum absolute atomic E-state index is 12.8. The van der Waals surface area contributed by atoms with Crippen LogP contribution in [-0.4, -0.2) is 8.42 Å². The maximum atomic E-state index is 12.8. The molecule has 2 rings (SSSR count). The SMILES string of the molecule is Cc1cc(Cl)c(C)c(S(=O)(=O)Nc2c(C)cccc2C)c1Cl. The summed E-state index contributed by atoms with van der Waals surface area (Å²) in [6, 6.07) is 7.24. The lowest BCUT2D eigenvalue weighted by molar-refractivity contribution is 0.600. The van der Waals surface area contributed by atoms with Crippen LogP contribution in [0.4, 0.5) is 5.69 Å². The zero-order valence-electron chi connectivity index (χ0n) is 12.8. The van der Waals surface area contributed by atoms with Crippen molar-refractivity contribution >= 4 is 38.9 Å². The predicted octanol–water partition coefficient (Wildman–Crippen LogP) is 5.03. The molecule has 0 saturated carbocycles. The summed E-state index contributed by atoms with van der Waals surface area (Å²) in [5.41, 5.74) is 3.32. The molecule has 0 aromatic heterocycles. The molecule has 2 aromatic carbocycles. The Morgan fingerprint density at radius 2 is 1.50 bits per heavy atom. The van der Waals surface area contributed by atoms with E-state index in [-0.39, 0.29) is 9.92 Å². The van der Waals surface area contributed by atoms with Crippen LogP contribution in [0.1, 0.15) is 22.3 Å². The average Bonchev–Trinajstić information content (AvgIpc) is 2.41. The molecule has 0 atom stereocenters. The molecule has 0 saturated heterocycles. The van der Waals surface area contributed by atoms with Crippen molar-refractivity contribution in [1.82, 2.24) is 0 Å². The van der Waals surface area contributed by atoms with Crippen LogP contribution >= 0.6 is 23.2 Å². The number of halogens is 2. The Morgan fingerprint density at radius 1 is 0.955 bits per heavy atom. The van der Waals surface area contributed by atoms with Gasteiger partial charge in [-0.05, 0) is 56.0 Å². The Labute approximate surface area is 141 Å². The van der Waals surface area contributed by atoms with E-state index in [1.165, 1.54) is 0 Å². The van der Waals surface area contributed by atoms with E-state index < -0.39 is 10.0 Å². The van der Waals surface area contributed by atoms with E-state index >= 15 is 0 Å². The zero-order chi connectivity index (χ0) is 16.7. The van der Waals surface area contributed by atoms with Crippen LogP contribution in [0.3, 0.4) is 0 Å². The molecule has 2 aromatic rings. The minimum absolute atomic E-state index is 0.0295. The number of rotatable bonds is 3. The summed E-state index contributed by atoms with van der Waals surface area (Å²) in [4.78, 5) is 0.0295. The van der Waals surface area contributed by atoms with Crippen molar-refractivity contribution in [2.45, 2.75) is 32.6 Å². The third-order valence-corrected chi connectivity index (χ3v) is 6.09. The van der Waals surface area contributed by atoms with Gasteiger partial charge in [0, 0.05) is 5.02 Å². The van der Waals surface area contributed by atoms with E-state index in [4.69, 9.17) is 23.2 Å². The second-order valence-electron chi connectivity index (χ2n) is 5.32. The minimum atomic E-state index is -3.83. The molecule has 0 amide bonds. The summed E-state index contributed by atoms with van der Waals surface area (Å²) in [6.45, 7) is 7.07. The van der Waals surface area contributed by atoms with Gasteiger partial charge in [0.1, 0.15) is 4.90 Å². The van der Waals surface area contributed by atoms with Crippen LogP contribution in [-0.2, 0) is 10.0 Å². The molecule has 118 valence electrons. The van der Waals surface area contributed by atoms with E-state index in [0.29, 0.717) is 21.8 Å². The molecular weight excluding hydrogens is 341 g/mol. The Bertz CT molecular complexity index is 799. The van der Waals surface area contributed by atoms with Gasteiger partial charge in [-0.15, -0.1) is 0 Å². The summed E-state index contributed by atoms with van der Waals surface area (Å²) in [5.74, 6) is 0. The second kappa shape index (κ2) is 6.11. The Balaban J connectivity index is 2.63. The molecule has 0 spiro atoms. The van der Waals surface area contributed by atoms with Gasteiger partial charge in [0.2, 0.25) is 0 Å². The lowest BCUT2D eigenvalue weighted by Gasteiger charge is -2.17. The van der Waals surface area contributed by atoms with Crippen LogP contribution < -0.4 is 4.72 Å². The van der Waals surface area contributed by atoms with Crippen molar-refractivity contribution in [1.29, 1.82) is 0 Å². The Morgan fingerprint density at radius 3 is 2.05 bits per heavy atom. The lowest BCUT2D eigenvalue weighted by atomic mass is 10.1. The fraction of sp³-hybridized carbons (Fsp3) is 0.250. The monoisotopic (exact) mass is 357 g/mol. The molecule has 0 unspecified atom stereocenters. The van der Waals surface area contributed by atoms with Crippen LogP contribution in [0.15, 0.2) is 29.2 Å². The van der Waals surface area contributed by atoms with Gasteiger partial charge in [0.05, 0.1) is 10.7 Å². The van der Waals surface area contributed by atoms with Gasteiger partial charge < -0.3 is 0 Å². The van der Waals surface area contributed by atoms with Crippen molar-refractivity contribution in [2.24, 2.45) is 0 Å². The maximum Gasteiger partial charge on any atom is 0.263 e. The molecule has 0 aliphatic heterocycles. The summed E-state index contributed by atoms with van der Waals surface area (Å²) in [5, 5.41) is 0.574. The van der Waals surface area contributed by atoms with Gasteiger partial charge in [-0.1, -0.05) is 41.4 Å². The molecule has 22 heavy (non-hydrogen) atoms. The van der Waals surface area contributed by atoms with Gasteiger partial charge in [-0.2, -0.15) is 0 Å². The third kappa shape index (κ3) is 3.09.